The number of fused-ring (bicyclic) bond motifs is 3. The molecular formula is C44H51NO11Si. The first-order chi connectivity index (χ1) is 27.1. The summed E-state index contributed by atoms with van der Waals surface area (Å²) >= 11 is 0. The minimum atomic E-state index is -2.75. The highest BCUT2D eigenvalue weighted by atomic mass is 28.4. The standard InChI is InChI=1S/C44H51NO11Si/c1-9-23-51-42(48)55-38-36(45-39(46)27(2)28(3)40(45)47)41(56-57(7,8)44(4,5)6)53-35(26-50-24-29-17-11-10-12-18-29)37(38)54-43(49)52-25-34-32-21-15-13-19-30(32)31-20-14-16-22-33(31)34/h9-22,34-38,41H,1,23-26H2,2-8H3/t35-,36-,37-,38-,41+/m1/s1. The van der Waals surface area contributed by atoms with Gasteiger partial charge in [0.25, 0.3) is 11.8 Å². The van der Waals surface area contributed by atoms with Crippen LogP contribution in [-0.2, 0) is 49.0 Å². The molecule has 0 saturated carbocycles. The van der Waals surface area contributed by atoms with Gasteiger partial charge in [-0.2, -0.15) is 0 Å². The van der Waals surface area contributed by atoms with E-state index in [2.05, 4.69) is 6.58 Å². The van der Waals surface area contributed by atoms with Crippen LogP contribution in [0.5, 0.6) is 0 Å². The van der Waals surface area contributed by atoms with E-state index >= 15 is 0 Å². The molecule has 0 N–H and O–H groups in total. The topological polar surface area (TPSA) is 136 Å². The summed E-state index contributed by atoms with van der Waals surface area (Å²) in [6, 6.07) is 23.9. The summed E-state index contributed by atoms with van der Waals surface area (Å²) in [5.74, 6) is -1.52. The van der Waals surface area contributed by atoms with Crippen LogP contribution in [0.25, 0.3) is 11.1 Å². The molecule has 0 aromatic heterocycles. The third-order valence-electron chi connectivity index (χ3n) is 11.3. The lowest BCUT2D eigenvalue weighted by atomic mass is 9.95. The minimum Gasteiger partial charge on any atom is -0.433 e. The van der Waals surface area contributed by atoms with E-state index in [1.807, 2.05) is 113 Å². The molecule has 0 radical (unpaired) electrons. The van der Waals surface area contributed by atoms with Gasteiger partial charge in [-0.3, -0.25) is 14.5 Å². The molecule has 1 aliphatic carbocycles. The summed E-state index contributed by atoms with van der Waals surface area (Å²) in [5.41, 5.74) is 5.39. The van der Waals surface area contributed by atoms with Crippen LogP contribution in [0.15, 0.2) is 103 Å². The first-order valence-electron chi connectivity index (χ1n) is 19.1. The summed E-state index contributed by atoms with van der Waals surface area (Å²) < 4.78 is 42.8. The van der Waals surface area contributed by atoms with Gasteiger partial charge in [0.15, 0.2) is 26.8 Å². The highest BCUT2D eigenvalue weighted by Crippen LogP contribution is 2.45. The van der Waals surface area contributed by atoms with Crippen molar-refractivity contribution in [2.75, 3.05) is 19.8 Å². The van der Waals surface area contributed by atoms with E-state index in [4.69, 9.17) is 32.8 Å². The van der Waals surface area contributed by atoms with Crippen molar-refractivity contribution in [1.82, 2.24) is 4.90 Å². The number of carbonyl (C=O) groups is 4. The fourth-order valence-electron chi connectivity index (χ4n) is 7.06. The molecule has 2 amide bonds. The van der Waals surface area contributed by atoms with Crippen LogP contribution in [0.3, 0.4) is 0 Å². The first-order valence-corrected chi connectivity index (χ1v) is 22.0. The van der Waals surface area contributed by atoms with Gasteiger partial charge in [-0.1, -0.05) is 112 Å². The zero-order valence-electron chi connectivity index (χ0n) is 33.5. The van der Waals surface area contributed by atoms with E-state index in [0.29, 0.717) is 0 Å². The molecule has 302 valence electrons. The second-order valence-electron chi connectivity index (χ2n) is 15.9. The lowest BCUT2D eigenvalue weighted by Crippen LogP contribution is -2.69. The quantitative estimate of drug-likeness (QED) is 0.0719. The van der Waals surface area contributed by atoms with Crippen LogP contribution < -0.4 is 0 Å². The Labute approximate surface area is 334 Å². The fraction of sp³-hybridized carbons (Fsp3) is 0.409. The predicted molar refractivity (Wildman–Crippen MR) is 213 cm³/mol. The number of nitrogens with zero attached hydrogens (tertiary/aromatic N) is 1. The summed E-state index contributed by atoms with van der Waals surface area (Å²) in [6.45, 7) is 16.5. The molecule has 3 aromatic rings. The van der Waals surface area contributed by atoms with Gasteiger partial charge in [-0.15, -0.1) is 0 Å². The normalized spacial score (nSPS) is 22.2. The lowest BCUT2D eigenvalue weighted by Gasteiger charge is -2.50. The number of rotatable bonds is 13. The summed E-state index contributed by atoms with van der Waals surface area (Å²) in [4.78, 5) is 56.1. The van der Waals surface area contributed by atoms with Gasteiger partial charge in [0.05, 0.1) is 13.2 Å². The SMILES string of the molecule is C=CCOC(=O)O[C@H]1[C@H](OC(=O)OCC2c3ccccc3-c3ccccc32)[C@@H](COCc2ccccc2)O[C@@H](O[Si](C)(C)C(C)(C)C)[C@@H]1N1C(=O)C(C)=C(C)C1=O. The van der Waals surface area contributed by atoms with Gasteiger partial charge in [-0.05, 0) is 59.8 Å². The van der Waals surface area contributed by atoms with E-state index in [9.17, 15) is 19.2 Å². The molecular weight excluding hydrogens is 747 g/mol. The van der Waals surface area contributed by atoms with Gasteiger partial charge in [0, 0.05) is 17.1 Å². The molecule has 3 aliphatic rings. The molecule has 5 atom stereocenters. The Balaban J connectivity index is 1.37. The Morgan fingerprint density at radius 3 is 1.91 bits per heavy atom. The molecule has 12 nitrogen and oxygen atoms in total. The molecule has 0 spiro atoms. The van der Waals surface area contributed by atoms with Crippen molar-refractivity contribution >= 4 is 32.4 Å². The number of amides is 2. The van der Waals surface area contributed by atoms with Crippen molar-refractivity contribution in [2.45, 2.75) is 95.9 Å². The van der Waals surface area contributed by atoms with Crippen molar-refractivity contribution in [2.24, 2.45) is 0 Å². The molecule has 1 fully saturated rings. The monoisotopic (exact) mass is 797 g/mol. The van der Waals surface area contributed by atoms with Crippen molar-refractivity contribution in [1.29, 1.82) is 0 Å². The van der Waals surface area contributed by atoms with Crippen molar-refractivity contribution in [3.8, 4) is 11.1 Å². The molecule has 1 saturated heterocycles. The van der Waals surface area contributed by atoms with E-state index in [1.165, 1.54) is 6.08 Å². The van der Waals surface area contributed by atoms with Crippen LogP contribution in [0, 0.1) is 0 Å². The summed E-state index contributed by atoms with van der Waals surface area (Å²) in [5, 5.41) is -0.350. The highest BCUT2D eigenvalue weighted by Gasteiger charge is 2.59. The maximum absolute atomic E-state index is 13.9. The van der Waals surface area contributed by atoms with Crippen LogP contribution in [0.4, 0.5) is 9.59 Å². The maximum Gasteiger partial charge on any atom is 0.509 e. The number of hydrogen-bond acceptors (Lipinski definition) is 11. The number of carbonyl (C=O) groups excluding carboxylic acids is 4. The van der Waals surface area contributed by atoms with Gasteiger partial charge < -0.3 is 32.8 Å². The molecule has 57 heavy (non-hydrogen) atoms. The molecule has 3 aromatic carbocycles. The van der Waals surface area contributed by atoms with Gasteiger partial charge >= 0.3 is 12.3 Å². The number of ether oxygens (including phenoxy) is 6. The number of imide groups is 1. The van der Waals surface area contributed by atoms with Gasteiger partial charge in [0.1, 0.15) is 25.4 Å². The van der Waals surface area contributed by atoms with Gasteiger partial charge in [-0.25, -0.2) is 9.59 Å². The third-order valence-corrected chi connectivity index (χ3v) is 15.7. The average Bonchev–Trinajstić information content (AvgIpc) is 3.59. The highest BCUT2D eigenvalue weighted by molar-refractivity contribution is 6.74. The smallest absolute Gasteiger partial charge is 0.433 e. The Hall–Kier alpha value is -5.08. The van der Waals surface area contributed by atoms with Crippen molar-refractivity contribution in [3.05, 3.63) is 119 Å². The van der Waals surface area contributed by atoms with E-state index in [0.717, 1.165) is 32.7 Å². The Kier molecular flexibility index (Phi) is 12.5. The molecule has 0 bridgehead atoms. The molecule has 6 rings (SSSR count). The molecule has 2 aliphatic heterocycles. The third kappa shape index (κ3) is 8.76. The van der Waals surface area contributed by atoms with Crippen LogP contribution in [0.1, 0.15) is 57.2 Å². The average molecular weight is 798 g/mol. The van der Waals surface area contributed by atoms with Gasteiger partial charge in [0.2, 0.25) is 0 Å². The summed E-state index contributed by atoms with van der Waals surface area (Å²) in [7, 11) is -2.75. The zero-order chi connectivity index (χ0) is 41.1. The fourth-order valence-corrected chi connectivity index (χ4v) is 8.19. The Morgan fingerprint density at radius 2 is 1.33 bits per heavy atom. The number of benzene rings is 3. The lowest BCUT2D eigenvalue weighted by molar-refractivity contribution is -0.268. The number of hydrogen-bond donors (Lipinski definition) is 0. The van der Waals surface area contributed by atoms with Crippen molar-refractivity contribution in [3.63, 3.8) is 0 Å². The molecule has 2 heterocycles. The minimum absolute atomic E-state index is 0.0611. The second-order valence-corrected chi connectivity index (χ2v) is 20.7. The van der Waals surface area contributed by atoms with Crippen LogP contribution in [-0.4, -0.2) is 87.8 Å². The first kappa shape index (κ1) is 41.5. The molecule has 13 heteroatoms. The van der Waals surface area contributed by atoms with Crippen LogP contribution >= 0.6 is 0 Å². The van der Waals surface area contributed by atoms with E-state index in [-0.39, 0.29) is 48.5 Å². The Morgan fingerprint density at radius 1 is 0.789 bits per heavy atom. The maximum atomic E-state index is 13.9. The predicted octanol–water partition coefficient (Wildman–Crippen LogP) is 8.07. The zero-order valence-corrected chi connectivity index (χ0v) is 34.5. The van der Waals surface area contributed by atoms with Crippen molar-refractivity contribution < 1.29 is 52.0 Å². The second kappa shape index (κ2) is 17.2. The van der Waals surface area contributed by atoms with E-state index < -0.39 is 63.1 Å². The Bertz CT molecular complexity index is 1950. The van der Waals surface area contributed by atoms with Crippen LogP contribution in [0.2, 0.25) is 18.1 Å². The van der Waals surface area contributed by atoms with E-state index in [1.54, 1.807) is 13.8 Å². The largest absolute Gasteiger partial charge is 0.509 e. The summed E-state index contributed by atoms with van der Waals surface area (Å²) in [6.07, 6.45) is -6.37. The molecule has 0 unspecified atom stereocenters.